The first-order chi connectivity index (χ1) is 11.5. The van der Waals surface area contributed by atoms with E-state index in [2.05, 4.69) is 19.7 Å². The van der Waals surface area contributed by atoms with Gasteiger partial charge in [-0.1, -0.05) is 0 Å². The van der Waals surface area contributed by atoms with Crippen LogP contribution >= 0.6 is 0 Å². The number of hydrogen-bond acceptors (Lipinski definition) is 9. The Balaban J connectivity index is 1.77. The summed E-state index contributed by atoms with van der Waals surface area (Å²) in [7, 11) is 1.39. The number of carbonyl (C=O) groups is 1. The second-order valence-electron chi connectivity index (χ2n) is 5.74. The summed E-state index contributed by atoms with van der Waals surface area (Å²) in [6.07, 6.45) is 1.16. The van der Waals surface area contributed by atoms with E-state index in [0.29, 0.717) is 17.6 Å². The number of esters is 1. The maximum Gasteiger partial charge on any atom is 0.332 e. The van der Waals surface area contributed by atoms with Crippen LogP contribution in [-0.4, -0.2) is 68.2 Å². The highest BCUT2D eigenvalue weighted by atomic mass is 16.6. The fourth-order valence-corrected chi connectivity index (χ4v) is 3.01. The molecule has 3 rings (SSSR count). The molecule has 1 aliphatic carbocycles. The van der Waals surface area contributed by atoms with Crippen molar-refractivity contribution in [3.63, 3.8) is 0 Å². The first-order valence-corrected chi connectivity index (χ1v) is 7.46. The number of aliphatic hydroxyl groups is 2. The van der Waals surface area contributed by atoms with Gasteiger partial charge in [-0.25, -0.2) is 19.7 Å². The van der Waals surface area contributed by atoms with Crippen LogP contribution < -0.4 is 5.73 Å². The molecule has 0 aromatic carbocycles. The van der Waals surface area contributed by atoms with Gasteiger partial charge in [-0.05, 0) is 6.42 Å². The third-order valence-electron chi connectivity index (χ3n) is 4.24. The summed E-state index contributed by atoms with van der Waals surface area (Å²) in [5.41, 5.74) is 6.68. The molecule has 130 valence electrons. The monoisotopic (exact) mass is 337 g/mol. The van der Waals surface area contributed by atoms with E-state index in [1.165, 1.54) is 19.8 Å². The molecule has 0 spiro atoms. The van der Waals surface area contributed by atoms with Crippen molar-refractivity contribution in [2.24, 2.45) is 5.92 Å². The van der Waals surface area contributed by atoms with E-state index < -0.39 is 30.1 Å². The van der Waals surface area contributed by atoms with Gasteiger partial charge in [-0.3, -0.25) is 0 Å². The van der Waals surface area contributed by atoms with Crippen molar-refractivity contribution in [1.29, 1.82) is 0 Å². The van der Waals surface area contributed by atoms with Crippen LogP contribution in [0.3, 0.4) is 0 Å². The number of anilines is 1. The maximum atomic E-state index is 11.4. The van der Waals surface area contributed by atoms with Gasteiger partial charge in [-0.15, -0.1) is 0 Å². The van der Waals surface area contributed by atoms with Crippen molar-refractivity contribution in [3.8, 4) is 0 Å². The second-order valence-corrected chi connectivity index (χ2v) is 5.74. The first kappa shape index (κ1) is 16.6. The average Bonchev–Trinajstić information content (AvgIpc) is 3.10. The van der Waals surface area contributed by atoms with E-state index in [4.69, 9.17) is 10.5 Å². The zero-order chi connectivity index (χ0) is 17.3. The predicted octanol–water partition coefficient (Wildman–Crippen LogP) is -1.12. The fourth-order valence-electron chi connectivity index (χ4n) is 3.01. The van der Waals surface area contributed by atoms with E-state index in [1.807, 2.05) is 0 Å². The molecule has 2 aromatic rings. The summed E-state index contributed by atoms with van der Waals surface area (Å²) in [6, 6.07) is -0.453. The molecule has 0 radical (unpaired) electrons. The Labute approximate surface area is 137 Å². The summed E-state index contributed by atoms with van der Waals surface area (Å²) in [4.78, 5) is 23.6. The summed E-state index contributed by atoms with van der Waals surface area (Å²) < 4.78 is 11.4. The zero-order valence-electron chi connectivity index (χ0n) is 13.1. The number of ether oxygens (including phenoxy) is 2. The fraction of sp³-hybridized carbons (Fsp3) is 0.571. The van der Waals surface area contributed by atoms with Gasteiger partial charge in [0, 0.05) is 13.0 Å². The van der Waals surface area contributed by atoms with Crippen molar-refractivity contribution in [2.45, 2.75) is 24.7 Å². The smallest absolute Gasteiger partial charge is 0.332 e. The number of methoxy groups -OCH3 is 1. The second kappa shape index (κ2) is 6.67. The van der Waals surface area contributed by atoms with E-state index in [1.54, 1.807) is 4.57 Å². The SMILES string of the molecule is COCC(=O)OCC1CC(n2cnc3c(N)ncnc32)C(O)C1O. The lowest BCUT2D eigenvalue weighted by Gasteiger charge is -2.18. The normalized spacial score (nSPS) is 26.8. The minimum Gasteiger partial charge on any atom is -0.464 e. The number of carbonyl (C=O) groups excluding carboxylic acids is 1. The molecule has 0 bridgehead atoms. The first-order valence-electron chi connectivity index (χ1n) is 7.46. The molecular weight excluding hydrogens is 318 g/mol. The van der Waals surface area contributed by atoms with Crippen LogP contribution in [0.1, 0.15) is 12.5 Å². The molecule has 24 heavy (non-hydrogen) atoms. The Hall–Kier alpha value is -2.30. The average molecular weight is 337 g/mol. The number of hydrogen-bond donors (Lipinski definition) is 3. The van der Waals surface area contributed by atoms with Crippen LogP contribution in [0.4, 0.5) is 5.82 Å². The highest BCUT2D eigenvalue weighted by molar-refractivity contribution is 5.81. The molecule has 4 unspecified atom stereocenters. The lowest BCUT2D eigenvalue weighted by atomic mass is 10.1. The van der Waals surface area contributed by atoms with Gasteiger partial charge in [0.15, 0.2) is 11.5 Å². The summed E-state index contributed by atoms with van der Waals surface area (Å²) in [5, 5.41) is 20.6. The Morgan fingerprint density at radius 2 is 2.17 bits per heavy atom. The Morgan fingerprint density at radius 3 is 2.92 bits per heavy atom. The largest absolute Gasteiger partial charge is 0.464 e. The molecule has 1 saturated carbocycles. The predicted molar refractivity (Wildman–Crippen MR) is 81.7 cm³/mol. The van der Waals surface area contributed by atoms with Crippen molar-refractivity contribution in [2.75, 3.05) is 26.1 Å². The maximum absolute atomic E-state index is 11.4. The van der Waals surface area contributed by atoms with Crippen LogP contribution in [0.25, 0.3) is 11.2 Å². The van der Waals surface area contributed by atoms with Gasteiger partial charge in [0.1, 0.15) is 24.6 Å². The van der Waals surface area contributed by atoms with Crippen LogP contribution in [0.2, 0.25) is 0 Å². The number of nitrogens with zero attached hydrogens (tertiary/aromatic N) is 4. The van der Waals surface area contributed by atoms with Crippen LogP contribution in [0.15, 0.2) is 12.7 Å². The van der Waals surface area contributed by atoms with Crippen molar-refractivity contribution in [3.05, 3.63) is 12.7 Å². The van der Waals surface area contributed by atoms with Gasteiger partial charge in [-0.2, -0.15) is 0 Å². The number of aliphatic hydroxyl groups excluding tert-OH is 2. The lowest BCUT2D eigenvalue weighted by molar-refractivity contribution is -0.150. The van der Waals surface area contributed by atoms with Crippen molar-refractivity contribution < 1.29 is 24.5 Å². The number of aromatic nitrogens is 4. The molecule has 0 amide bonds. The van der Waals surface area contributed by atoms with Gasteiger partial charge in [0.2, 0.25) is 0 Å². The molecule has 1 aliphatic rings. The molecule has 4 N–H and O–H groups in total. The standard InChI is InChI=1S/C14H19N5O5/c1-23-4-9(20)24-3-7-2-8(12(22)11(7)21)19-6-18-10-13(15)16-5-17-14(10)19/h5-8,11-12,21-22H,2-4H2,1H3,(H2,15,16,17). The lowest BCUT2D eigenvalue weighted by Crippen LogP contribution is -2.31. The van der Waals surface area contributed by atoms with Crippen LogP contribution in [0, 0.1) is 5.92 Å². The van der Waals surface area contributed by atoms with Crippen molar-refractivity contribution in [1.82, 2.24) is 19.5 Å². The third kappa shape index (κ3) is 2.90. The quantitative estimate of drug-likeness (QED) is 0.577. The molecule has 10 nitrogen and oxygen atoms in total. The van der Waals surface area contributed by atoms with E-state index in [9.17, 15) is 15.0 Å². The molecular formula is C14H19N5O5. The van der Waals surface area contributed by atoms with E-state index in [-0.39, 0.29) is 19.0 Å². The van der Waals surface area contributed by atoms with Crippen LogP contribution in [0.5, 0.6) is 0 Å². The Bertz CT molecular complexity index is 735. The molecule has 4 atom stereocenters. The van der Waals surface area contributed by atoms with E-state index in [0.717, 1.165) is 0 Å². The highest BCUT2D eigenvalue weighted by Gasteiger charge is 2.43. The minimum absolute atomic E-state index is 0.000667. The minimum atomic E-state index is -1.04. The van der Waals surface area contributed by atoms with E-state index >= 15 is 0 Å². The third-order valence-corrected chi connectivity index (χ3v) is 4.24. The van der Waals surface area contributed by atoms with Crippen LogP contribution in [-0.2, 0) is 14.3 Å². The number of nitrogens with two attached hydrogens (primary N) is 1. The zero-order valence-corrected chi connectivity index (χ0v) is 13.1. The molecule has 2 heterocycles. The molecule has 1 fully saturated rings. The van der Waals surface area contributed by atoms with Gasteiger partial charge < -0.3 is 30.0 Å². The topological polar surface area (TPSA) is 146 Å². The van der Waals surface area contributed by atoms with Gasteiger partial charge >= 0.3 is 5.97 Å². The number of rotatable bonds is 5. The number of imidazole rings is 1. The summed E-state index contributed by atoms with van der Waals surface area (Å²) in [5.74, 6) is -0.671. The molecule has 10 heteroatoms. The number of nitrogen functional groups attached to an aromatic ring is 1. The van der Waals surface area contributed by atoms with Gasteiger partial charge in [0.05, 0.1) is 25.1 Å². The summed E-state index contributed by atoms with van der Waals surface area (Å²) >= 11 is 0. The molecule has 2 aromatic heterocycles. The summed E-state index contributed by atoms with van der Waals surface area (Å²) in [6.45, 7) is -0.155. The van der Waals surface area contributed by atoms with Gasteiger partial charge in [0.25, 0.3) is 0 Å². The van der Waals surface area contributed by atoms with Crippen molar-refractivity contribution >= 4 is 23.0 Å². The molecule has 0 saturated heterocycles. The highest BCUT2D eigenvalue weighted by Crippen LogP contribution is 2.37. The molecule has 0 aliphatic heterocycles. The Morgan fingerprint density at radius 1 is 1.38 bits per heavy atom. The number of fused-ring (bicyclic) bond motifs is 1. The Kier molecular flexibility index (Phi) is 4.60.